The molecule has 0 aliphatic carbocycles. The third-order valence-corrected chi connectivity index (χ3v) is 5.83. The van der Waals surface area contributed by atoms with Gasteiger partial charge in [-0.2, -0.15) is 0 Å². The average molecular weight is 463 g/mol. The summed E-state index contributed by atoms with van der Waals surface area (Å²) in [6, 6.07) is 20.3. The number of hydrogen-bond donors (Lipinski definition) is 1. The number of benzene rings is 2. The first-order valence-electron chi connectivity index (χ1n) is 10.2. The van der Waals surface area contributed by atoms with Crippen LogP contribution in [0.5, 0.6) is 0 Å². The lowest BCUT2D eigenvalue weighted by Gasteiger charge is -2.20. The Bertz CT molecular complexity index is 1210. The number of nitrogens with one attached hydrogen (secondary N) is 1. The van der Waals surface area contributed by atoms with Crippen LogP contribution >= 0.6 is 11.8 Å². The fourth-order valence-corrected chi connectivity index (χ4v) is 3.94. The summed E-state index contributed by atoms with van der Waals surface area (Å²) in [7, 11) is 1.65. The minimum absolute atomic E-state index is 0.119. The van der Waals surface area contributed by atoms with Crippen molar-refractivity contribution in [3.05, 3.63) is 89.9 Å². The van der Waals surface area contributed by atoms with E-state index < -0.39 is 0 Å². The summed E-state index contributed by atoms with van der Waals surface area (Å²) in [5.74, 6) is 0.296. The van der Waals surface area contributed by atoms with E-state index in [0.717, 1.165) is 5.56 Å². The van der Waals surface area contributed by atoms with E-state index in [1.54, 1.807) is 54.4 Å². The zero-order valence-corrected chi connectivity index (χ0v) is 18.7. The van der Waals surface area contributed by atoms with Gasteiger partial charge in [0.15, 0.2) is 0 Å². The van der Waals surface area contributed by atoms with Crippen LogP contribution in [-0.4, -0.2) is 44.8 Å². The molecule has 168 valence electrons. The van der Waals surface area contributed by atoms with Crippen LogP contribution in [0, 0.1) is 0 Å². The first kappa shape index (κ1) is 22.3. The van der Waals surface area contributed by atoms with Crippen molar-refractivity contribution in [3.8, 4) is 0 Å². The van der Waals surface area contributed by atoms with Gasteiger partial charge in [0.05, 0.1) is 36.4 Å². The highest BCUT2D eigenvalue weighted by molar-refractivity contribution is 7.99. The van der Waals surface area contributed by atoms with E-state index in [4.69, 9.17) is 4.42 Å². The van der Waals surface area contributed by atoms with Crippen LogP contribution in [-0.2, 0) is 17.9 Å². The average Bonchev–Trinajstić information content (AvgIpc) is 3.53. The Balaban J connectivity index is 1.39. The Labute approximate surface area is 194 Å². The van der Waals surface area contributed by atoms with Gasteiger partial charge >= 0.3 is 0 Å². The van der Waals surface area contributed by atoms with Gasteiger partial charge in [0.25, 0.3) is 5.91 Å². The van der Waals surface area contributed by atoms with Crippen molar-refractivity contribution in [1.29, 1.82) is 0 Å². The van der Waals surface area contributed by atoms with E-state index in [9.17, 15) is 9.59 Å². The van der Waals surface area contributed by atoms with Crippen LogP contribution in [0.2, 0.25) is 0 Å². The summed E-state index contributed by atoms with van der Waals surface area (Å²) in [5.41, 5.74) is 1.98. The number of rotatable bonds is 9. The molecule has 0 bridgehead atoms. The van der Waals surface area contributed by atoms with Crippen LogP contribution in [0.25, 0.3) is 0 Å². The van der Waals surface area contributed by atoms with Crippen molar-refractivity contribution >= 4 is 29.3 Å². The molecule has 0 spiro atoms. The number of anilines is 1. The summed E-state index contributed by atoms with van der Waals surface area (Å²) in [4.78, 5) is 27.1. The maximum atomic E-state index is 12.9. The molecule has 9 nitrogen and oxygen atoms in total. The number of carbonyl (C=O) groups excluding carboxylic acids is 2. The molecular weight excluding hydrogens is 440 g/mol. The highest BCUT2D eigenvalue weighted by atomic mass is 32.2. The van der Waals surface area contributed by atoms with Crippen molar-refractivity contribution in [2.24, 2.45) is 0 Å². The minimum Gasteiger partial charge on any atom is -0.467 e. The zero-order valence-electron chi connectivity index (χ0n) is 17.9. The number of nitrogens with zero attached hydrogens (tertiary/aromatic N) is 5. The Hall–Kier alpha value is -3.92. The van der Waals surface area contributed by atoms with E-state index in [-0.39, 0.29) is 24.1 Å². The van der Waals surface area contributed by atoms with Crippen molar-refractivity contribution < 1.29 is 14.0 Å². The summed E-state index contributed by atoms with van der Waals surface area (Å²) < 4.78 is 6.91. The number of tetrazole rings is 1. The van der Waals surface area contributed by atoms with E-state index >= 15 is 0 Å². The molecule has 0 saturated carbocycles. The van der Waals surface area contributed by atoms with Crippen molar-refractivity contribution in [1.82, 2.24) is 25.5 Å². The molecule has 0 aliphatic heterocycles. The minimum atomic E-state index is -0.291. The first-order chi connectivity index (χ1) is 16.1. The molecule has 2 amide bonds. The molecule has 4 rings (SSSR count). The van der Waals surface area contributed by atoms with E-state index in [1.807, 2.05) is 30.3 Å². The Morgan fingerprint density at radius 3 is 2.64 bits per heavy atom. The molecule has 0 atom stereocenters. The Kier molecular flexibility index (Phi) is 7.16. The molecule has 0 radical (unpaired) electrons. The maximum absolute atomic E-state index is 12.9. The molecule has 4 aromatic rings. The number of carbonyl (C=O) groups is 2. The number of thioether (sulfide) groups is 1. The van der Waals surface area contributed by atoms with E-state index in [2.05, 4.69) is 20.8 Å². The van der Waals surface area contributed by atoms with Crippen LogP contribution in [0.4, 0.5) is 5.69 Å². The molecule has 1 N–H and O–H groups in total. The molecule has 0 fully saturated rings. The van der Waals surface area contributed by atoms with Gasteiger partial charge in [-0.3, -0.25) is 9.59 Å². The monoisotopic (exact) mass is 462 g/mol. The van der Waals surface area contributed by atoms with Gasteiger partial charge in [-0.15, -0.1) is 5.10 Å². The standard InChI is InChI=1S/C23H22N6O3S/c1-28(20-12-6-5-11-19(20)22(31)24-14-18-10-7-13-32-18)21(30)16-33-23-25-26-27-29(23)15-17-8-3-2-4-9-17/h2-13H,14-16H2,1H3,(H,24,31). The lowest BCUT2D eigenvalue weighted by atomic mass is 10.1. The quantitative estimate of drug-likeness (QED) is 0.381. The number of amides is 2. The molecule has 2 heterocycles. The van der Waals surface area contributed by atoms with Crippen molar-refractivity contribution in [2.75, 3.05) is 17.7 Å². The van der Waals surface area contributed by atoms with Crippen LogP contribution in [0.3, 0.4) is 0 Å². The fraction of sp³-hybridized carbons (Fsp3) is 0.174. The van der Waals surface area contributed by atoms with Gasteiger partial charge in [-0.25, -0.2) is 4.68 Å². The Morgan fingerprint density at radius 2 is 1.85 bits per heavy atom. The Morgan fingerprint density at radius 1 is 1.06 bits per heavy atom. The smallest absolute Gasteiger partial charge is 0.253 e. The van der Waals surface area contributed by atoms with Crippen molar-refractivity contribution in [2.45, 2.75) is 18.2 Å². The second kappa shape index (κ2) is 10.6. The lowest BCUT2D eigenvalue weighted by molar-refractivity contribution is -0.115. The molecule has 0 saturated heterocycles. The fourth-order valence-electron chi connectivity index (χ4n) is 3.15. The summed E-state index contributed by atoms with van der Waals surface area (Å²) in [6.07, 6.45) is 1.55. The van der Waals surface area contributed by atoms with Gasteiger partial charge in [-0.1, -0.05) is 54.2 Å². The normalized spacial score (nSPS) is 10.7. The summed E-state index contributed by atoms with van der Waals surface area (Å²) >= 11 is 1.25. The number of furan rings is 1. The molecule has 2 aromatic heterocycles. The number of hydrogen-bond acceptors (Lipinski definition) is 7. The maximum Gasteiger partial charge on any atom is 0.253 e. The zero-order chi connectivity index (χ0) is 23.0. The highest BCUT2D eigenvalue weighted by Crippen LogP contribution is 2.22. The molecule has 2 aromatic carbocycles. The van der Waals surface area contributed by atoms with Crippen LogP contribution in [0.15, 0.2) is 82.6 Å². The number of aromatic nitrogens is 4. The van der Waals surface area contributed by atoms with Gasteiger partial charge in [0.1, 0.15) is 5.76 Å². The lowest BCUT2D eigenvalue weighted by Crippen LogP contribution is -2.31. The van der Waals surface area contributed by atoms with E-state index in [0.29, 0.717) is 28.7 Å². The summed E-state index contributed by atoms with van der Waals surface area (Å²) in [5, 5.41) is 15.1. The second-order valence-electron chi connectivity index (χ2n) is 7.13. The van der Waals surface area contributed by atoms with Gasteiger partial charge in [0, 0.05) is 7.05 Å². The first-order valence-corrected chi connectivity index (χ1v) is 11.2. The largest absolute Gasteiger partial charge is 0.467 e. The molecule has 10 heteroatoms. The second-order valence-corrected chi connectivity index (χ2v) is 8.07. The molecular formula is C23H22N6O3S. The molecule has 0 unspecified atom stereocenters. The predicted molar refractivity (Wildman–Crippen MR) is 124 cm³/mol. The SMILES string of the molecule is CN(C(=O)CSc1nnnn1Cc1ccccc1)c1ccccc1C(=O)NCc1ccco1. The predicted octanol–water partition coefficient (Wildman–Crippen LogP) is 3.00. The third-order valence-electron chi connectivity index (χ3n) is 4.89. The van der Waals surface area contributed by atoms with Gasteiger partial charge in [0.2, 0.25) is 11.1 Å². The summed E-state index contributed by atoms with van der Waals surface area (Å²) in [6.45, 7) is 0.774. The number of para-hydroxylation sites is 1. The van der Waals surface area contributed by atoms with Crippen molar-refractivity contribution in [3.63, 3.8) is 0 Å². The molecule has 33 heavy (non-hydrogen) atoms. The highest BCUT2D eigenvalue weighted by Gasteiger charge is 2.20. The van der Waals surface area contributed by atoms with E-state index in [1.165, 1.54) is 16.7 Å². The van der Waals surface area contributed by atoms with Crippen LogP contribution < -0.4 is 10.2 Å². The topological polar surface area (TPSA) is 106 Å². The van der Waals surface area contributed by atoms with Gasteiger partial charge in [-0.05, 0) is 40.3 Å². The third kappa shape index (κ3) is 5.66. The van der Waals surface area contributed by atoms with Crippen LogP contribution in [0.1, 0.15) is 21.7 Å². The molecule has 0 aliphatic rings. The van der Waals surface area contributed by atoms with Gasteiger partial charge < -0.3 is 14.6 Å².